The van der Waals surface area contributed by atoms with Crippen LogP contribution in [0, 0.1) is 0 Å². The highest BCUT2D eigenvalue weighted by molar-refractivity contribution is 6.30. The summed E-state index contributed by atoms with van der Waals surface area (Å²) in [5, 5.41) is 12.5. The summed E-state index contributed by atoms with van der Waals surface area (Å²) in [6.45, 7) is 0.424. The lowest BCUT2D eigenvalue weighted by Crippen LogP contribution is -2.39. The summed E-state index contributed by atoms with van der Waals surface area (Å²) in [5.74, 6) is 0. The van der Waals surface area contributed by atoms with Crippen LogP contribution in [0.2, 0.25) is 5.15 Å². The summed E-state index contributed by atoms with van der Waals surface area (Å²) >= 11 is 5.94. The predicted octanol–water partition coefficient (Wildman–Crippen LogP) is 3.17. The van der Waals surface area contributed by atoms with Crippen LogP contribution in [-0.4, -0.2) is 28.5 Å². The molecule has 3 N–H and O–H groups in total. The van der Waals surface area contributed by atoms with Crippen LogP contribution in [-0.2, 0) is 0 Å². The van der Waals surface area contributed by atoms with Crippen LogP contribution in [0.25, 0.3) is 16.3 Å². The Morgan fingerprint density at radius 3 is 2.86 bits per heavy atom. The summed E-state index contributed by atoms with van der Waals surface area (Å²) in [5.41, 5.74) is 6.89. The lowest BCUT2D eigenvalue weighted by molar-refractivity contribution is -0.0233. The van der Waals surface area contributed by atoms with Gasteiger partial charge in [0.25, 0.3) is 0 Å². The third kappa shape index (κ3) is 3.13. The van der Waals surface area contributed by atoms with Gasteiger partial charge in [0.1, 0.15) is 5.15 Å². The Morgan fingerprint density at radius 2 is 2.18 bits per heavy atom. The highest BCUT2D eigenvalue weighted by Gasteiger charge is 2.33. The summed E-state index contributed by atoms with van der Waals surface area (Å²) < 4.78 is 0. The van der Waals surface area contributed by atoms with E-state index in [1.165, 1.54) is 6.20 Å². The van der Waals surface area contributed by atoms with E-state index in [4.69, 9.17) is 17.3 Å². The first-order chi connectivity index (χ1) is 10.6. The Kier molecular flexibility index (Phi) is 4.14. The first-order valence-electron chi connectivity index (χ1n) is 7.29. The van der Waals surface area contributed by atoms with E-state index in [1.54, 1.807) is 12.4 Å². The molecule has 0 aliphatic heterocycles. The molecular weight excluding hydrogens is 298 g/mol. The number of nitrogens with two attached hydrogens (primary N) is 1. The lowest BCUT2D eigenvalue weighted by Gasteiger charge is -2.34. The number of aromatic nitrogens is 1. The number of benzene rings is 1. The molecule has 0 radical (unpaired) electrons. The lowest BCUT2D eigenvalue weighted by atomic mass is 9.80. The van der Waals surface area contributed by atoms with Gasteiger partial charge in [-0.2, -0.15) is 0 Å². The molecule has 0 unspecified atom stereocenters. The second-order valence-corrected chi connectivity index (χ2v) is 6.13. The minimum atomic E-state index is -0.612. The van der Waals surface area contributed by atoms with Crippen LogP contribution in [0.1, 0.15) is 24.8 Å². The van der Waals surface area contributed by atoms with Gasteiger partial charge >= 0.3 is 0 Å². The Balaban J connectivity index is 1.82. The van der Waals surface area contributed by atoms with Crippen molar-refractivity contribution in [3.8, 4) is 0 Å². The van der Waals surface area contributed by atoms with E-state index in [0.717, 1.165) is 41.2 Å². The smallest absolute Gasteiger partial charge is 0.129 e. The summed E-state index contributed by atoms with van der Waals surface area (Å²) in [6.07, 6.45) is 7.72. The van der Waals surface area contributed by atoms with Crippen molar-refractivity contribution in [2.24, 2.45) is 10.7 Å². The number of aliphatic hydroxyl groups is 1. The number of nitrogens with zero attached hydrogens (tertiary/aromatic N) is 2. The van der Waals surface area contributed by atoms with Gasteiger partial charge in [0.05, 0.1) is 12.1 Å². The van der Waals surface area contributed by atoms with E-state index in [1.807, 2.05) is 24.3 Å². The normalized spacial score (nSPS) is 17.8. The number of rotatable bonds is 4. The molecule has 0 amide bonds. The minimum absolute atomic E-state index is 0.424. The molecule has 0 bridgehead atoms. The van der Waals surface area contributed by atoms with Crippen LogP contribution in [0.4, 0.5) is 0 Å². The van der Waals surface area contributed by atoms with Gasteiger partial charge in [-0.3, -0.25) is 4.99 Å². The highest BCUT2D eigenvalue weighted by Crippen LogP contribution is 2.31. The summed E-state index contributed by atoms with van der Waals surface area (Å²) in [6, 6.07) is 7.78. The average molecular weight is 316 g/mol. The second kappa shape index (κ2) is 6.07. The van der Waals surface area contributed by atoms with Gasteiger partial charge in [0.2, 0.25) is 0 Å². The average Bonchev–Trinajstić information content (AvgIpc) is 2.49. The Bertz CT molecular complexity index is 751. The van der Waals surface area contributed by atoms with E-state index in [-0.39, 0.29) is 0 Å². The molecular formula is C17H18ClN3O. The molecule has 1 fully saturated rings. The Hall–Kier alpha value is -1.91. The van der Waals surface area contributed by atoms with Crippen molar-refractivity contribution in [3.05, 3.63) is 47.4 Å². The van der Waals surface area contributed by atoms with E-state index in [0.29, 0.717) is 11.7 Å². The maximum atomic E-state index is 10.1. The third-order valence-electron chi connectivity index (χ3n) is 4.10. The second-order valence-electron chi connectivity index (χ2n) is 5.74. The SMILES string of the molecule is NC=C(C=NCC1(O)CCC1)c1ccc2cnc(Cl)cc2c1. The number of fused-ring (bicyclic) bond motifs is 1. The third-order valence-corrected chi connectivity index (χ3v) is 4.31. The van der Waals surface area contributed by atoms with Crippen molar-refractivity contribution < 1.29 is 5.11 Å². The molecule has 4 nitrogen and oxygen atoms in total. The molecule has 1 saturated carbocycles. The largest absolute Gasteiger partial charge is 0.404 e. The molecule has 114 valence electrons. The van der Waals surface area contributed by atoms with Gasteiger partial charge in [-0.25, -0.2) is 4.98 Å². The van der Waals surface area contributed by atoms with Crippen LogP contribution >= 0.6 is 11.6 Å². The van der Waals surface area contributed by atoms with Crippen LogP contribution in [0.5, 0.6) is 0 Å². The number of hydrogen-bond acceptors (Lipinski definition) is 4. The van der Waals surface area contributed by atoms with Crippen molar-refractivity contribution in [1.82, 2.24) is 4.98 Å². The molecule has 1 aliphatic carbocycles. The zero-order valence-corrected chi connectivity index (χ0v) is 12.9. The van der Waals surface area contributed by atoms with E-state index >= 15 is 0 Å². The van der Waals surface area contributed by atoms with Crippen LogP contribution < -0.4 is 5.73 Å². The molecule has 3 rings (SSSR count). The van der Waals surface area contributed by atoms with Gasteiger partial charge in [0, 0.05) is 29.6 Å². The van der Waals surface area contributed by atoms with Crippen LogP contribution in [0.15, 0.2) is 41.7 Å². The van der Waals surface area contributed by atoms with E-state index < -0.39 is 5.60 Å². The summed E-state index contributed by atoms with van der Waals surface area (Å²) in [7, 11) is 0. The molecule has 1 heterocycles. The number of pyridine rings is 1. The van der Waals surface area contributed by atoms with Crippen molar-refractivity contribution in [2.45, 2.75) is 24.9 Å². The Morgan fingerprint density at radius 1 is 1.36 bits per heavy atom. The maximum absolute atomic E-state index is 10.1. The van der Waals surface area contributed by atoms with Crippen molar-refractivity contribution in [1.29, 1.82) is 0 Å². The fourth-order valence-corrected chi connectivity index (χ4v) is 2.73. The monoisotopic (exact) mass is 315 g/mol. The van der Waals surface area contributed by atoms with Gasteiger partial charge in [0.15, 0.2) is 0 Å². The standard InChI is InChI=1S/C17H18ClN3O/c18-16-7-14-6-12(2-3-13(14)10-21-16)15(8-19)9-20-11-17(22)4-1-5-17/h2-3,6-10,22H,1,4-5,11,19H2. The molecule has 0 atom stereocenters. The molecule has 1 aromatic carbocycles. The molecule has 0 saturated heterocycles. The van der Waals surface area contributed by atoms with Gasteiger partial charge in [-0.05, 0) is 42.3 Å². The molecule has 1 aromatic heterocycles. The van der Waals surface area contributed by atoms with E-state index in [9.17, 15) is 5.11 Å². The Labute approximate surface area is 134 Å². The predicted molar refractivity (Wildman–Crippen MR) is 91.1 cm³/mol. The molecule has 22 heavy (non-hydrogen) atoms. The molecule has 2 aromatic rings. The fraction of sp³-hybridized carbons (Fsp3) is 0.294. The number of allylic oxidation sites excluding steroid dienone is 1. The molecule has 0 spiro atoms. The van der Waals surface area contributed by atoms with Crippen molar-refractivity contribution in [2.75, 3.05) is 6.54 Å². The minimum Gasteiger partial charge on any atom is -0.404 e. The molecule has 1 aliphatic rings. The topological polar surface area (TPSA) is 71.5 Å². The number of hydrogen-bond donors (Lipinski definition) is 2. The van der Waals surface area contributed by atoms with Crippen molar-refractivity contribution >= 4 is 34.2 Å². The first-order valence-corrected chi connectivity index (χ1v) is 7.67. The van der Waals surface area contributed by atoms with Gasteiger partial charge < -0.3 is 10.8 Å². The van der Waals surface area contributed by atoms with E-state index in [2.05, 4.69) is 9.98 Å². The fourth-order valence-electron chi connectivity index (χ4n) is 2.56. The highest BCUT2D eigenvalue weighted by atomic mass is 35.5. The number of halogens is 1. The van der Waals surface area contributed by atoms with Gasteiger partial charge in [-0.1, -0.05) is 23.7 Å². The zero-order valence-electron chi connectivity index (χ0n) is 12.2. The first kappa shape index (κ1) is 15.0. The number of aliphatic imine (C=N–C) groups is 1. The van der Waals surface area contributed by atoms with Crippen LogP contribution in [0.3, 0.4) is 0 Å². The zero-order chi connectivity index (χ0) is 15.6. The van der Waals surface area contributed by atoms with Crippen molar-refractivity contribution in [3.63, 3.8) is 0 Å². The maximum Gasteiger partial charge on any atom is 0.129 e. The summed E-state index contributed by atoms with van der Waals surface area (Å²) in [4.78, 5) is 8.42. The quantitative estimate of drug-likeness (QED) is 0.672. The molecule has 5 heteroatoms. The van der Waals surface area contributed by atoms with Gasteiger partial charge in [-0.15, -0.1) is 0 Å².